The molecule has 0 aromatic heterocycles. The summed E-state index contributed by atoms with van der Waals surface area (Å²) < 4.78 is 28.3. The molecule has 3 aromatic rings. The molecular formula is C28H33N3O3S. The summed E-state index contributed by atoms with van der Waals surface area (Å²) in [5.41, 5.74) is 5.55. The van der Waals surface area contributed by atoms with Gasteiger partial charge in [-0.05, 0) is 93.7 Å². The van der Waals surface area contributed by atoms with Gasteiger partial charge >= 0.3 is 0 Å². The number of nitrogens with zero attached hydrogens (tertiary/aromatic N) is 1. The van der Waals surface area contributed by atoms with Crippen LogP contribution < -0.4 is 10.0 Å². The normalized spacial score (nSPS) is 15.1. The van der Waals surface area contributed by atoms with Crippen molar-refractivity contribution in [2.45, 2.75) is 45.1 Å². The highest BCUT2D eigenvalue weighted by molar-refractivity contribution is 7.92. The number of nitrogens with one attached hydrogen (secondary N) is 2. The van der Waals surface area contributed by atoms with Crippen molar-refractivity contribution < 1.29 is 13.2 Å². The Kier molecular flexibility index (Phi) is 7.57. The van der Waals surface area contributed by atoms with Crippen LogP contribution in [0.15, 0.2) is 71.6 Å². The van der Waals surface area contributed by atoms with Crippen LogP contribution >= 0.6 is 0 Å². The maximum Gasteiger partial charge on any atom is 0.261 e. The molecular weight excluding hydrogens is 458 g/mol. The second-order valence-corrected chi connectivity index (χ2v) is 11.2. The summed E-state index contributed by atoms with van der Waals surface area (Å²) in [4.78, 5) is 15.3. The minimum absolute atomic E-state index is 0.0101. The van der Waals surface area contributed by atoms with Gasteiger partial charge in [-0.1, -0.05) is 42.0 Å². The van der Waals surface area contributed by atoms with Crippen molar-refractivity contribution >= 4 is 27.3 Å². The molecule has 3 aromatic carbocycles. The second-order valence-electron chi connectivity index (χ2n) is 9.47. The van der Waals surface area contributed by atoms with Crippen LogP contribution in [0.5, 0.6) is 0 Å². The van der Waals surface area contributed by atoms with Crippen molar-refractivity contribution in [1.82, 2.24) is 4.90 Å². The van der Waals surface area contributed by atoms with Crippen LogP contribution in [-0.4, -0.2) is 32.3 Å². The van der Waals surface area contributed by atoms with Crippen LogP contribution in [-0.2, 0) is 21.4 Å². The molecule has 2 N–H and O–H groups in total. The third kappa shape index (κ3) is 6.50. The average molecular weight is 492 g/mol. The number of piperidine rings is 1. The number of amides is 1. The summed E-state index contributed by atoms with van der Waals surface area (Å²) in [6, 6.07) is 20.6. The van der Waals surface area contributed by atoms with Gasteiger partial charge in [0.25, 0.3) is 10.0 Å². The van der Waals surface area contributed by atoms with Crippen LogP contribution in [0, 0.1) is 26.7 Å². The zero-order valence-electron chi connectivity index (χ0n) is 20.5. The summed E-state index contributed by atoms with van der Waals surface area (Å²) in [6.07, 6.45) is 1.62. The maximum absolute atomic E-state index is 12.8. The smallest absolute Gasteiger partial charge is 0.261 e. The van der Waals surface area contributed by atoms with Gasteiger partial charge in [-0.25, -0.2) is 8.42 Å². The monoisotopic (exact) mass is 491 g/mol. The molecule has 35 heavy (non-hydrogen) atoms. The van der Waals surface area contributed by atoms with Crippen LogP contribution in [0.4, 0.5) is 11.4 Å². The van der Waals surface area contributed by atoms with Crippen LogP contribution in [0.3, 0.4) is 0 Å². The highest BCUT2D eigenvalue weighted by atomic mass is 32.2. The molecule has 1 aliphatic rings. The van der Waals surface area contributed by atoms with Gasteiger partial charge in [0.1, 0.15) is 0 Å². The van der Waals surface area contributed by atoms with Crippen molar-refractivity contribution in [2.75, 3.05) is 23.1 Å². The molecule has 0 spiro atoms. The van der Waals surface area contributed by atoms with E-state index in [4.69, 9.17) is 0 Å². The summed E-state index contributed by atoms with van der Waals surface area (Å²) in [5.74, 6) is -0.0530. The molecule has 4 rings (SSSR count). The lowest BCUT2D eigenvalue weighted by Crippen LogP contribution is -2.37. The van der Waals surface area contributed by atoms with E-state index in [-0.39, 0.29) is 16.7 Å². The SMILES string of the molecule is Cc1ccc(CN2CCC(C(=O)Nc3ccc(S(=O)(=O)Nc4cc(C)ccc4C)cc3)CC2)cc1. The van der Waals surface area contributed by atoms with Gasteiger partial charge in [0, 0.05) is 18.2 Å². The first-order valence-corrected chi connectivity index (χ1v) is 13.5. The zero-order chi connectivity index (χ0) is 25.0. The third-order valence-electron chi connectivity index (χ3n) is 6.55. The molecule has 1 saturated heterocycles. The number of hydrogen-bond acceptors (Lipinski definition) is 4. The molecule has 6 nitrogen and oxygen atoms in total. The summed E-state index contributed by atoms with van der Waals surface area (Å²) >= 11 is 0. The maximum atomic E-state index is 12.8. The molecule has 0 bridgehead atoms. The predicted octanol–water partition coefficient (Wildman–Crippen LogP) is 5.26. The Bertz CT molecular complexity index is 1280. The first-order valence-electron chi connectivity index (χ1n) is 12.0. The molecule has 1 fully saturated rings. The molecule has 0 unspecified atom stereocenters. The number of sulfonamides is 1. The molecule has 0 atom stereocenters. The van der Waals surface area contributed by atoms with Crippen molar-refractivity contribution in [3.05, 3.63) is 89.0 Å². The highest BCUT2D eigenvalue weighted by Gasteiger charge is 2.25. The number of carbonyl (C=O) groups excluding carboxylic acids is 1. The van der Waals surface area contributed by atoms with Crippen molar-refractivity contribution in [3.63, 3.8) is 0 Å². The second kappa shape index (κ2) is 10.6. The first kappa shape index (κ1) is 24.9. The Hall–Kier alpha value is -3.16. The molecule has 1 heterocycles. The fourth-order valence-electron chi connectivity index (χ4n) is 4.32. The average Bonchev–Trinajstić information content (AvgIpc) is 2.83. The van der Waals surface area contributed by atoms with E-state index >= 15 is 0 Å². The predicted molar refractivity (Wildman–Crippen MR) is 141 cm³/mol. The number of anilines is 2. The number of hydrogen-bond donors (Lipinski definition) is 2. The van der Waals surface area contributed by atoms with E-state index in [1.54, 1.807) is 12.1 Å². The quantitative estimate of drug-likeness (QED) is 0.472. The number of rotatable bonds is 7. The summed E-state index contributed by atoms with van der Waals surface area (Å²) in [6.45, 7) is 8.54. The minimum atomic E-state index is -3.72. The summed E-state index contributed by atoms with van der Waals surface area (Å²) in [5, 5.41) is 2.95. The van der Waals surface area contributed by atoms with E-state index in [1.165, 1.54) is 23.3 Å². The molecule has 7 heteroatoms. The van der Waals surface area contributed by atoms with Crippen molar-refractivity contribution in [3.8, 4) is 0 Å². The van der Waals surface area contributed by atoms with E-state index in [0.29, 0.717) is 11.4 Å². The molecule has 1 aliphatic heterocycles. The van der Waals surface area contributed by atoms with Crippen LogP contribution in [0.2, 0.25) is 0 Å². The van der Waals surface area contributed by atoms with Crippen molar-refractivity contribution in [2.24, 2.45) is 5.92 Å². The summed E-state index contributed by atoms with van der Waals surface area (Å²) in [7, 11) is -3.72. The van der Waals surface area contributed by atoms with Gasteiger partial charge in [0.05, 0.1) is 10.6 Å². The Labute approximate surface area is 208 Å². The molecule has 0 saturated carbocycles. The Morgan fingerprint density at radius 3 is 2.17 bits per heavy atom. The number of carbonyl (C=O) groups is 1. The van der Waals surface area contributed by atoms with Gasteiger partial charge in [0.2, 0.25) is 5.91 Å². The van der Waals surface area contributed by atoms with Gasteiger partial charge < -0.3 is 5.32 Å². The van der Waals surface area contributed by atoms with E-state index in [1.807, 2.05) is 32.0 Å². The van der Waals surface area contributed by atoms with Gasteiger partial charge in [0.15, 0.2) is 0 Å². The topological polar surface area (TPSA) is 78.5 Å². The van der Waals surface area contributed by atoms with E-state index in [2.05, 4.69) is 46.1 Å². The van der Waals surface area contributed by atoms with E-state index in [9.17, 15) is 13.2 Å². The Morgan fingerprint density at radius 1 is 0.886 bits per heavy atom. The van der Waals surface area contributed by atoms with Gasteiger partial charge in [-0.2, -0.15) is 0 Å². The zero-order valence-corrected chi connectivity index (χ0v) is 21.4. The van der Waals surface area contributed by atoms with Gasteiger partial charge in [-0.3, -0.25) is 14.4 Å². The first-order chi connectivity index (χ1) is 16.7. The fraction of sp³-hybridized carbons (Fsp3) is 0.321. The van der Waals surface area contributed by atoms with Gasteiger partial charge in [-0.15, -0.1) is 0 Å². The van der Waals surface area contributed by atoms with Crippen molar-refractivity contribution in [1.29, 1.82) is 0 Å². The standard InChI is InChI=1S/C28H33N3O3S/c1-20-5-8-23(9-6-20)19-31-16-14-24(15-17-31)28(32)29-25-10-12-26(13-11-25)35(33,34)30-27-18-21(2)4-7-22(27)3/h4-13,18,24,30H,14-17,19H2,1-3H3,(H,29,32). The molecule has 0 aliphatic carbocycles. The van der Waals surface area contributed by atoms with Crippen LogP contribution in [0.25, 0.3) is 0 Å². The molecule has 0 radical (unpaired) electrons. The number of benzene rings is 3. The minimum Gasteiger partial charge on any atom is -0.326 e. The lowest BCUT2D eigenvalue weighted by molar-refractivity contribution is -0.121. The van der Waals surface area contributed by atoms with E-state index in [0.717, 1.165) is 43.6 Å². The lowest BCUT2D eigenvalue weighted by atomic mass is 9.95. The third-order valence-corrected chi connectivity index (χ3v) is 7.94. The largest absolute Gasteiger partial charge is 0.326 e. The highest BCUT2D eigenvalue weighted by Crippen LogP contribution is 2.24. The Balaban J connectivity index is 1.31. The van der Waals surface area contributed by atoms with Crippen LogP contribution in [0.1, 0.15) is 35.1 Å². The number of likely N-dealkylation sites (tertiary alicyclic amines) is 1. The Morgan fingerprint density at radius 2 is 1.51 bits per heavy atom. The fourth-order valence-corrected chi connectivity index (χ4v) is 5.44. The molecule has 184 valence electrons. The molecule has 1 amide bonds. The van der Waals surface area contributed by atoms with E-state index < -0.39 is 10.0 Å². The lowest BCUT2D eigenvalue weighted by Gasteiger charge is -2.31. The number of aryl methyl sites for hydroxylation is 3.